The minimum absolute atomic E-state index is 0.123. The molecule has 1 aromatic heterocycles. The van der Waals surface area contributed by atoms with E-state index in [1.54, 1.807) is 0 Å². The molecule has 1 aromatic carbocycles. The van der Waals surface area contributed by atoms with Crippen LogP contribution in [0.2, 0.25) is 0 Å². The van der Waals surface area contributed by atoms with Gasteiger partial charge in [0.05, 0.1) is 12.6 Å². The van der Waals surface area contributed by atoms with Crippen LogP contribution >= 0.6 is 0 Å². The third-order valence-electron chi connectivity index (χ3n) is 3.67. The summed E-state index contributed by atoms with van der Waals surface area (Å²) in [5.41, 5.74) is 2.30. The lowest BCUT2D eigenvalue weighted by Crippen LogP contribution is -2.21. The van der Waals surface area contributed by atoms with Gasteiger partial charge in [0.15, 0.2) is 5.82 Å². The molecule has 0 aliphatic carbocycles. The largest absolute Gasteiger partial charge is 0.394 e. The van der Waals surface area contributed by atoms with Gasteiger partial charge in [-0.05, 0) is 25.3 Å². The number of aliphatic hydroxyl groups excluding tert-OH is 1. The highest BCUT2D eigenvalue weighted by atomic mass is 16.3. The lowest BCUT2D eigenvalue weighted by molar-refractivity contribution is 0.207. The highest BCUT2D eigenvalue weighted by molar-refractivity contribution is 5.60. The maximum absolute atomic E-state index is 9.52. The summed E-state index contributed by atoms with van der Waals surface area (Å²) in [5, 5.41) is 18.1. The number of hydrogen-bond acceptors (Lipinski definition) is 3. The fourth-order valence-corrected chi connectivity index (χ4v) is 2.68. The number of hydrogen-bond donors (Lipinski definition) is 1. The summed E-state index contributed by atoms with van der Waals surface area (Å²) in [7, 11) is 0. The van der Waals surface area contributed by atoms with Crippen LogP contribution in [0.1, 0.15) is 30.3 Å². The number of benzene rings is 1. The maximum Gasteiger partial charge on any atom is 0.164 e. The van der Waals surface area contributed by atoms with Gasteiger partial charge in [-0.2, -0.15) is 0 Å². The van der Waals surface area contributed by atoms with Crippen LogP contribution in [0.25, 0.3) is 11.4 Å². The van der Waals surface area contributed by atoms with Gasteiger partial charge < -0.3 is 9.67 Å². The Morgan fingerprint density at radius 3 is 2.94 bits per heavy atom. The zero-order valence-corrected chi connectivity index (χ0v) is 10.5. The standard InChI is InChI=1S/C14H17N3O/c1-10-5-2-3-7-12(10)14-16-15-13-8-4-6-11(9-18)17(13)14/h2-3,5,7,11,18H,4,6,8-9H2,1H3. The molecule has 4 nitrogen and oxygen atoms in total. The third kappa shape index (κ3) is 1.73. The molecule has 94 valence electrons. The lowest BCUT2D eigenvalue weighted by atomic mass is 10.0. The molecule has 0 radical (unpaired) electrons. The van der Waals surface area contributed by atoms with E-state index in [9.17, 15) is 5.11 Å². The molecule has 18 heavy (non-hydrogen) atoms. The first kappa shape index (κ1) is 11.4. The van der Waals surface area contributed by atoms with Gasteiger partial charge in [0.25, 0.3) is 0 Å². The average molecular weight is 243 g/mol. The molecule has 0 fully saturated rings. The van der Waals surface area contributed by atoms with Crippen LogP contribution in [0, 0.1) is 6.92 Å². The molecule has 0 saturated carbocycles. The molecular weight excluding hydrogens is 226 g/mol. The normalized spacial score (nSPS) is 18.7. The molecule has 3 rings (SSSR count). The van der Waals surface area contributed by atoms with Gasteiger partial charge in [-0.15, -0.1) is 10.2 Å². The van der Waals surface area contributed by atoms with E-state index in [0.717, 1.165) is 36.5 Å². The Hall–Kier alpha value is -1.68. The minimum atomic E-state index is 0.123. The van der Waals surface area contributed by atoms with Gasteiger partial charge in [0.1, 0.15) is 5.82 Å². The van der Waals surface area contributed by atoms with Gasteiger partial charge in [0, 0.05) is 12.0 Å². The predicted molar refractivity (Wildman–Crippen MR) is 69.3 cm³/mol. The molecule has 0 amide bonds. The molecular formula is C14H17N3O. The number of fused-ring (bicyclic) bond motifs is 1. The Morgan fingerprint density at radius 2 is 2.17 bits per heavy atom. The van der Waals surface area contributed by atoms with Crippen LogP contribution in [0.15, 0.2) is 24.3 Å². The first-order valence-electron chi connectivity index (χ1n) is 6.42. The summed E-state index contributed by atoms with van der Waals surface area (Å²) in [5.74, 6) is 1.89. The molecule has 1 aliphatic heterocycles. The molecule has 0 saturated heterocycles. The molecule has 4 heteroatoms. The second kappa shape index (κ2) is 4.53. The van der Waals surface area contributed by atoms with Crippen LogP contribution in [-0.2, 0) is 6.42 Å². The van der Waals surface area contributed by atoms with Crippen LogP contribution in [-0.4, -0.2) is 26.5 Å². The summed E-state index contributed by atoms with van der Waals surface area (Å²) >= 11 is 0. The molecule has 0 spiro atoms. The quantitative estimate of drug-likeness (QED) is 0.879. The Morgan fingerprint density at radius 1 is 1.33 bits per heavy atom. The first-order valence-corrected chi connectivity index (χ1v) is 6.42. The summed E-state index contributed by atoms with van der Waals surface area (Å²) in [4.78, 5) is 0. The number of nitrogens with zero attached hydrogens (tertiary/aromatic N) is 3. The highest BCUT2D eigenvalue weighted by Gasteiger charge is 2.25. The third-order valence-corrected chi connectivity index (χ3v) is 3.67. The zero-order valence-electron chi connectivity index (χ0n) is 10.5. The van der Waals surface area contributed by atoms with E-state index in [-0.39, 0.29) is 12.6 Å². The van der Waals surface area contributed by atoms with Crippen molar-refractivity contribution in [2.45, 2.75) is 32.2 Å². The Bertz CT molecular complexity index is 562. The lowest BCUT2D eigenvalue weighted by Gasteiger charge is -2.24. The van der Waals surface area contributed by atoms with Crippen LogP contribution in [0.3, 0.4) is 0 Å². The fourth-order valence-electron chi connectivity index (χ4n) is 2.68. The first-order chi connectivity index (χ1) is 8.81. The number of aliphatic hydroxyl groups is 1. The molecule has 0 bridgehead atoms. The van der Waals surface area contributed by atoms with Gasteiger partial charge in [0.2, 0.25) is 0 Å². The second-order valence-electron chi connectivity index (χ2n) is 4.85. The van der Waals surface area contributed by atoms with Gasteiger partial charge in [-0.3, -0.25) is 0 Å². The summed E-state index contributed by atoms with van der Waals surface area (Å²) in [6.45, 7) is 2.23. The Balaban J connectivity index is 2.14. The van der Waals surface area contributed by atoms with Crippen LogP contribution in [0.5, 0.6) is 0 Å². The van der Waals surface area contributed by atoms with Gasteiger partial charge in [-0.25, -0.2) is 0 Å². The van der Waals surface area contributed by atoms with Crippen molar-refractivity contribution in [3.8, 4) is 11.4 Å². The van der Waals surface area contributed by atoms with Crippen molar-refractivity contribution in [3.63, 3.8) is 0 Å². The molecule has 1 aliphatic rings. The van der Waals surface area contributed by atoms with Gasteiger partial charge in [-0.1, -0.05) is 24.3 Å². The van der Waals surface area contributed by atoms with Crippen LogP contribution in [0.4, 0.5) is 0 Å². The topological polar surface area (TPSA) is 50.9 Å². The van der Waals surface area contributed by atoms with Gasteiger partial charge >= 0.3 is 0 Å². The summed E-state index contributed by atoms with van der Waals surface area (Å²) in [6.07, 6.45) is 3.03. The maximum atomic E-state index is 9.52. The van der Waals surface area contributed by atoms with E-state index in [0.29, 0.717) is 0 Å². The average Bonchev–Trinajstić information content (AvgIpc) is 2.83. The van der Waals surface area contributed by atoms with Crippen molar-refractivity contribution >= 4 is 0 Å². The highest BCUT2D eigenvalue weighted by Crippen LogP contribution is 2.30. The fraction of sp³-hybridized carbons (Fsp3) is 0.429. The zero-order chi connectivity index (χ0) is 12.5. The molecule has 1 atom stereocenters. The number of rotatable bonds is 2. The molecule has 2 aromatic rings. The number of aromatic nitrogens is 3. The molecule has 2 heterocycles. The monoisotopic (exact) mass is 243 g/mol. The predicted octanol–water partition coefficient (Wildman–Crippen LogP) is 2.12. The minimum Gasteiger partial charge on any atom is -0.394 e. The van der Waals surface area contributed by atoms with E-state index in [4.69, 9.17) is 0 Å². The van der Waals surface area contributed by atoms with E-state index >= 15 is 0 Å². The molecule has 1 unspecified atom stereocenters. The Labute approximate surface area is 106 Å². The number of aryl methyl sites for hydroxylation is 2. The van der Waals surface area contributed by atoms with E-state index < -0.39 is 0 Å². The van der Waals surface area contributed by atoms with Crippen molar-refractivity contribution in [2.24, 2.45) is 0 Å². The van der Waals surface area contributed by atoms with Crippen molar-refractivity contribution in [1.29, 1.82) is 0 Å². The smallest absolute Gasteiger partial charge is 0.164 e. The van der Waals surface area contributed by atoms with Crippen molar-refractivity contribution in [2.75, 3.05) is 6.61 Å². The Kier molecular flexibility index (Phi) is 2.88. The second-order valence-corrected chi connectivity index (χ2v) is 4.85. The summed E-state index contributed by atoms with van der Waals surface area (Å²) in [6, 6.07) is 8.30. The van der Waals surface area contributed by atoms with E-state index in [1.807, 2.05) is 12.1 Å². The molecule has 1 N–H and O–H groups in total. The summed E-state index contributed by atoms with van der Waals surface area (Å²) < 4.78 is 2.12. The SMILES string of the molecule is Cc1ccccc1-c1nnc2n1C(CO)CCC2. The van der Waals surface area contributed by atoms with Crippen molar-refractivity contribution < 1.29 is 5.11 Å². The van der Waals surface area contributed by atoms with Crippen molar-refractivity contribution in [3.05, 3.63) is 35.7 Å². The van der Waals surface area contributed by atoms with Crippen molar-refractivity contribution in [1.82, 2.24) is 14.8 Å². The van der Waals surface area contributed by atoms with E-state index in [1.165, 1.54) is 5.56 Å². The van der Waals surface area contributed by atoms with Crippen LogP contribution < -0.4 is 0 Å². The van der Waals surface area contributed by atoms with E-state index in [2.05, 4.69) is 33.8 Å².